The summed E-state index contributed by atoms with van der Waals surface area (Å²) in [7, 11) is 0. The van der Waals surface area contributed by atoms with E-state index in [-0.39, 0.29) is 16.4 Å². The van der Waals surface area contributed by atoms with E-state index in [1.165, 1.54) is 6.07 Å². The van der Waals surface area contributed by atoms with Crippen molar-refractivity contribution < 1.29 is 14.4 Å². The maximum Gasteiger partial charge on any atom is 0.353 e. The van der Waals surface area contributed by atoms with Gasteiger partial charge in [0, 0.05) is 5.56 Å². The number of aromatic hydroxyl groups is 1. The average Bonchev–Trinajstić information content (AvgIpc) is 2.25. The Labute approximate surface area is 95.3 Å². The van der Waals surface area contributed by atoms with Crippen LogP contribution in [0.3, 0.4) is 0 Å². The Bertz CT molecular complexity index is 686. The topological polar surface area (TPSA) is 93.6 Å². The summed E-state index contributed by atoms with van der Waals surface area (Å²) in [6, 6.07) is 2.43. The molecule has 0 atom stereocenters. The molecule has 0 spiro atoms. The lowest BCUT2D eigenvalue weighted by molar-refractivity contribution is -0.384. The van der Waals surface area contributed by atoms with Gasteiger partial charge in [-0.05, 0) is 26.0 Å². The lowest BCUT2D eigenvalue weighted by Crippen LogP contribution is -2.08. The molecule has 0 saturated carbocycles. The minimum atomic E-state index is -0.768. The highest BCUT2D eigenvalue weighted by molar-refractivity contribution is 5.88. The molecule has 17 heavy (non-hydrogen) atoms. The van der Waals surface area contributed by atoms with Crippen LogP contribution in [0.5, 0.6) is 5.75 Å². The number of rotatable bonds is 1. The molecule has 0 aliphatic heterocycles. The summed E-state index contributed by atoms with van der Waals surface area (Å²) in [4.78, 5) is 21.9. The Hall–Kier alpha value is -2.37. The molecular weight excluding hydrogens is 226 g/mol. The molecule has 0 aliphatic rings. The molecule has 0 unspecified atom stereocenters. The summed E-state index contributed by atoms with van der Waals surface area (Å²) in [6.45, 7) is 3.13. The molecule has 0 aliphatic carbocycles. The van der Waals surface area contributed by atoms with Gasteiger partial charge in [0.1, 0.15) is 5.76 Å². The molecular formula is C11H9NO5. The Kier molecular flexibility index (Phi) is 2.35. The van der Waals surface area contributed by atoms with Crippen molar-refractivity contribution in [3.05, 3.63) is 43.8 Å². The molecule has 6 heteroatoms. The van der Waals surface area contributed by atoms with Crippen LogP contribution in [0.4, 0.5) is 5.69 Å². The van der Waals surface area contributed by atoms with E-state index in [0.29, 0.717) is 11.3 Å². The molecule has 2 aromatic rings. The summed E-state index contributed by atoms with van der Waals surface area (Å²) < 4.78 is 5.24. The van der Waals surface area contributed by atoms with Gasteiger partial charge in [0.25, 0.3) is 0 Å². The number of nitro groups is 1. The van der Waals surface area contributed by atoms with Gasteiger partial charge in [-0.15, -0.1) is 0 Å². The van der Waals surface area contributed by atoms with Gasteiger partial charge >= 0.3 is 5.69 Å². The second kappa shape index (κ2) is 3.58. The van der Waals surface area contributed by atoms with Crippen LogP contribution >= 0.6 is 0 Å². The van der Waals surface area contributed by atoms with E-state index >= 15 is 0 Å². The zero-order chi connectivity index (χ0) is 12.7. The molecule has 1 heterocycles. The maximum atomic E-state index is 11.9. The largest absolute Gasteiger partial charge is 0.502 e. The number of phenolic OH excluding ortho intramolecular Hbond substituents is 1. The summed E-state index contributed by atoms with van der Waals surface area (Å²) >= 11 is 0. The van der Waals surface area contributed by atoms with Gasteiger partial charge in [-0.25, -0.2) is 0 Å². The molecule has 6 nitrogen and oxygen atoms in total. The van der Waals surface area contributed by atoms with E-state index in [1.807, 2.05) is 0 Å². The van der Waals surface area contributed by atoms with Crippen molar-refractivity contribution in [1.29, 1.82) is 0 Å². The number of nitro benzene ring substituents is 1. The van der Waals surface area contributed by atoms with E-state index in [9.17, 15) is 20.0 Å². The molecule has 2 rings (SSSR count). The Morgan fingerprint density at radius 2 is 2.00 bits per heavy atom. The third-order valence-corrected chi connectivity index (χ3v) is 2.66. The van der Waals surface area contributed by atoms with Gasteiger partial charge in [0.2, 0.25) is 5.58 Å². The molecule has 1 aromatic carbocycles. The van der Waals surface area contributed by atoms with Gasteiger partial charge < -0.3 is 9.52 Å². The van der Waals surface area contributed by atoms with Crippen LogP contribution in [-0.4, -0.2) is 10.0 Å². The predicted molar refractivity (Wildman–Crippen MR) is 60.3 cm³/mol. The number of hydrogen-bond acceptors (Lipinski definition) is 5. The zero-order valence-corrected chi connectivity index (χ0v) is 9.18. The summed E-state index contributed by atoms with van der Waals surface area (Å²) in [6.07, 6.45) is 0. The number of phenols is 1. The first-order valence-corrected chi connectivity index (χ1v) is 4.84. The third-order valence-electron chi connectivity index (χ3n) is 2.66. The quantitative estimate of drug-likeness (QED) is 0.602. The molecule has 0 bridgehead atoms. The first-order chi connectivity index (χ1) is 7.93. The van der Waals surface area contributed by atoms with E-state index in [1.54, 1.807) is 13.8 Å². The second-order valence-electron chi connectivity index (χ2n) is 3.68. The van der Waals surface area contributed by atoms with Crippen molar-refractivity contribution in [1.82, 2.24) is 0 Å². The lowest BCUT2D eigenvalue weighted by atomic mass is 10.1. The highest BCUT2D eigenvalue weighted by atomic mass is 16.6. The summed E-state index contributed by atoms with van der Waals surface area (Å²) in [5.41, 5.74) is -0.699. The Morgan fingerprint density at radius 1 is 1.35 bits per heavy atom. The first kappa shape index (κ1) is 11.1. The molecule has 1 aromatic heterocycles. The van der Waals surface area contributed by atoms with E-state index < -0.39 is 16.4 Å². The SMILES string of the molecule is Cc1oc2c([N+](=O)[O-])c(O)ccc2c(=O)c1C. The first-order valence-electron chi connectivity index (χ1n) is 4.84. The van der Waals surface area contributed by atoms with Gasteiger partial charge in [-0.3, -0.25) is 14.9 Å². The van der Waals surface area contributed by atoms with Gasteiger partial charge in [0.05, 0.1) is 10.3 Å². The van der Waals surface area contributed by atoms with E-state index in [0.717, 1.165) is 6.07 Å². The number of aryl methyl sites for hydroxylation is 1. The third kappa shape index (κ3) is 1.54. The fourth-order valence-electron chi connectivity index (χ4n) is 1.61. The van der Waals surface area contributed by atoms with Crippen LogP contribution in [0.1, 0.15) is 11.3 Å². The predicted octanol–water partition coefficient (Wildman–Crippen LogP) is 2.02. The standard InChI is InChI=1S/C11H9NO5/c1-5-6(2)17-11-7(10(5)14)3-4-8(13)9(11)12(15)16/h3-4,13H,1-2H3. The number of benzene rings is 1. The fraction of sp³-hybridized carbons (Fsp3) is 0.182. The number of hydrogen-bond donors (Lipinski definition) is 1. The van der Waals surface area contributed by atoms with Crippen molar-refractivity contribution in [2.45, 2.75) is 13.8 Å². The smallest absolute Gasteiger partial charge is 0.353 e. The summed E-state index contributed by atoms with van der Waals surface area (Å²) in [5, 5.41) is 20.3. The molecule has 0 fully saturated rings. The normalized spacial score (nSPS) is 10.7. The molecule has 0 amide bonds. The minimum absolute atomic E-state index is 0.0950. The maximum absolute atomic E-state index is 11.9. The van der Waals surface area contributed by atoms with E-state index in [2.05, 4.69) is 0 Å². The highest BCUT2D eigenvalue weighted by Gasteiger charge is 2.23. The van der Waals surface area contributed by atoms with Crippen LogP contribution < -0.4 is 5.43 Å². The van der Waals surface area contributed by atoms with Crippen molar-refractivity contribution in [3.8, 4) is 5.75 Å². The van der Waals surface area contributed by atoms with Crippen LogP contribution in [0.15, 0.2) is 21.3 Å². The van der Waals surface area contributed by atoms with Crippen molar-refractivity contribution in [2.24, 2.45) is 0 Å². The van der Waals surface area contributed by atoms with Gasteiger partial charge in [0.15, 0.2) is 11.2 Å². The number of fused-ring (bicyclic) bond motifs is 1. The molecule has 0 saturated heterocycles. The van der Waals surface area contributed by atoms with Crippen LogP contribution in [-0.2, 0) is 0 Å². The summed E-state index contributed by atoms with van der Waals surface area (Å²) in [5.74, 6) is -0.217. The highest BCUT2D eigenvalue weighted by Crippen LogP contribution is 2.33. The zero-order valence-electron chi connectivity index (χ0n) is 9.18. The lowest BCUT2D eigenvalue weighted by Gasteiger charge is -2.04. The monoisotopic (exact) mass is 235 g/mol. The molecule has 0 radical (unpaired) electrons. The fourth-order valence-corrected chi connectivity index (χ4v) is 1.61. The van der Waals surface area contributed by atoms with Gasteiger partial charge in [-0.2, -0.15) is 0 Å². The van der Waals surface area contributed by atoms with Crippen LogP contribution in [0.25, 0.3) is 11.0 Å². The van der Waals surface area contributed by atoms with Crippen molar-refractivity contribution >= 4 is 16.7 Å². The van der Waals surface area contributed by atoms with Crippen molar-refractivity contribution in [2.75, 3.05) is 0 Å². The Morgan fingerprint density at radius 3 is 2.59 bits per heavy atom. The second-order valence-corrected chi connectivity index (χ2v) is 3.68. The van der Waals surface area contributed by atoms with Crippen LogP contribution in [0, 0.1) is 24.0 Å². The average molecular weight is 235 g/mol. The number of nitrogens with zero attached hydrogens (tertiary/aromatic N) is 1. The minimum Gasteiger partial charge on any atom is -0.502 e. The van der Waals surface area contributed by atoms with Crippen LogP contribution in [0.2, 0.25) is 0 Å². The molecule has 88 valence electrons. The van der Waals surface area contributed by atoms with Gasteiger partial charge in [-0.1, -0.05) is 0 Å². The Balaban J connectivity index is 3.06. The molecule has 1 N–H and O–H groups in total. The van der Waals surface area contributed by atoms with E-state index in [4.69, 9.17) is 4.42 Å². The van der Waals surface area contributed by atoms with Crippen molar-refractivity contribution in [3.63, 3.8) is 0 Å².